The standard InChI is InChI=1S/C14H22N4O/c1-2-10-8-13(18-17-10)16-14(19)7-9-5-11-3-4-12(6-9)15-11/h8-9,11-12,15H,2-7H2,1H3,(H2,16,17,18,19). The first kappa shape index (κ1) is 12.7. The predicted molar refractivity (Wildman–Crippen MR) is 73.9 cm³/mol. The molecular weight excluding hydrogens is 240 g/mol. The molecule has 2 atom stereocenters. The van der Waals surface area contributed by atoms with Crippen LogP contribution in [0, 0.1) is 5.92 Å². The molecule has 2 bridgehead atoms. The van der Waals surface area contributed by atoms with E-state index < -0.39 is 0 Å². The number of hydrogen-bond acceptors (Lipinski definition) is 3. The number of piperidine rings is 1. The lowest BCUT2D eigenvalue weighted by Crippen LogP contribution is -2.39. The Kier molecular flexibility index (Phi) is 3.55. The Morgan fingerprint density at radius 1 is 1.42 bits per heavy atom. The zero-order valence-corrected chi connectivity index (χ0v) is 11.4. The number of carbonyl (C=O) groups is 1. The lowest BCUT2D eigenvalue weighted by molar-refractivity contribution is -0.117. The molecule has 3 N–H and O–H groups in total. The number of nitrogens with zero attached hydrogens (tertiary/aromatic N) is 1. The smallest absolute Gasteiger partial charge is 0.225 e. The number of rotatable bonds is 4. The van der Waals surface area contributed by atoms with Crippen molar-refractivity contribution in [2.75, 3.05) is 5.32 Å². The summed E-state index contributed by atoms with van der Waals surface area (Å²) in [5, 5.41) is 13.5. The number of fused-ring (bicyclic) bond motifs is 2. The van der Waals surface area contributed by atoms with Crippen LogP contribution in [-0.2, 0) is 11.2 Å². The molecule has 1 amide bonds. The van der Waals surface area contributed by atoms with E-state index in [2.05, 4.69) is 27.8 Å². The van der Waals surface area contributed by atoms with E-state index in [0.29, 0.717) is 30.2 Å². The maximum absolute atomic E-state index is 12.0. The predicted octanol–water partition coefficient (Wildman–Crippen LogP) is 1.83. The van der Waals surface area contributed by atoms with Crippen molar-refractivity contribution in [1.29, 1.82) is 0 Å². The maximum atomic E-state index is 12.0. The molecule has 104 valence electrons. The third-order valence-electron chi connectivity index (χ3n) is 4.32. The highest BCUT2D eigenvalue weighted by Crippen LogP contribution is 2.32. The number of aromatic amines is 1. The Morgan fingerprint density at radius 3 is 2.79 bits per heavy atom. The van der Waals surface area contributed by atoms with Crippen molar-refractivity contribution in [1.82, 2.24) is 15.5 Å². The van der Waals surface area contributed by atoms with Gasteiger partial charge < -0.3 is 10.6 Å². The Morgan fingerprint density at radius 2 is 2.16 bits per heavy atom. The van der Waals surface area contributed by atoms with Crippen LogP contribution in [0.15, 0.2) is 6.07 Å². The molecule has 3 heterocycles. The van der Waals surface area contributed by atoms with Gasteiger partial charge in [0.15, 0.2) is 5.82 Å². The quantitative estimate of drug-likeness (QED) is 0.775. The SMILES string of the molecule is CCc1cc(NC(=O)CC2CC3CCC(C2)N3)n[nH]1. The molecule has 2 aliphatic rings. The van der Waals surface area contributed by atoms with E-state index in [0.717, 1.165) is 25.0 Å². The van der Waals surface area contributed by atoms with Gasteiger partial charge in [-0.25, -0.2) is 0 Å². The minimum Gasteiger partial charge on any atom is -0.311 e. The Hall–Kier alpha value is -1.36. The highest BCUT2D eigenvalue weighted by molar-refractivity contribution is 5.89. The Balaban J connectivity index is 1.51. The average molecular weight is 262 g/mol. The van der Waals surface area contributed by atoms with Gasteiger partial charge in [0.1, 0.15) is 0 Å². The molecule has 0 aliphatic carbocycles. The fourth-order valence-electron chi connectivity index (χ4n) is 3.40. The molecule has 2 aliphatic heterocycles. The van der Waals surface area contributed by atoms with Crippen LogP contribution in [-0.4, -0.2) is 28.2 Å². The van der Waals surface area contributed by atoms with Crippen LogP contribution in [0.25, 0.3) is 0 Å². The van der Waals surface area contributed by atoms with Gasteiger partial charge in [-0.1, -0.05) is 6.92 Å². The summed E-state index contributed by atoms with van der Waals surface area (Å²) >= 11 is 0. The average Bonchev–Trinajstić information content (AvgIpc) is 2.96. The fraction of sp³-hybridized carbons (Fsp3) is 0.714. The molecule has 0 radical (unpaired) electrons. The molecule has 0 aromatic carbocycles. The fourth-order valence-corrected chi connectivity index (χ4v) is 3.40. The van der Waals surface area contributed by atoms with Crippen molar-refractivity contribution in [3.8, 4) is 0 Å². The van der Waals surface area contributed by atoms with Crippen LogP contribution in [0.1, 0.15) is 44.7 Å². The Labute approximate surface area is 113 Å². The molecule has 19 heavy (non-hydrogen) atoms. The summed E-state index contributed by atoms with van der Waals surface area (Å²) in [5.74, 6) is 1.28. The second kappa shape index (κ2) is 5.33. The zero-order chi connectivity index (χ0) is 13.2. The van der Waals surface area contributed by atoms with Gasteiger partial charge in [0.2, 0.25) is 5.91 Å². The largest absolute Gasteiger partial charge is 0.311 e. The van der Waals surface area contributed by atoms with Gasteiger partial charge in [-0.2, -0.15) is 5.10 Å². The first-order valence-corrected chi connectivity index (χ1v) is 7.33. The van der Waals surface area contributed by atoms with Crippen molar-refractivity contribution in [3.63, 3.8) is 0 Å². The van der Waals surface area contributed by atoms with Gasteiger partial charge in [-0.3, -0.25) is 9.89 Å². The molecule has 0 spiro atoms. The lowest BCUT2D eigenvalue weighted by atomic mass is 9.89. The molecule has 3 rings (SSSR count). The summed E-state index contributed by atoms with van der Waals surface area (Å²) in [6.07, 6.45) is 6.38. The number of amides is 1. The van der Waals surface area contributed by atoms with Gasteiger partial charge in [-0.05, 0) is 38.0 Å². The van der Waals surface area contributed by atoms with Gasteiger partial charge in [0.25, 0.3) is 0 Å². The van der Waals surface area contributed by atoms with Gasteiger partial charge in [0, 0.05) is 30.3 Å². The van der Waals surface area contributed by atoms with Crippen LogP contribution in [0.4, 0.5) is 5.82 Å². The molecule has 2 unspecified atom stereocenters. The second-order valence-corrected chi connectivity index (χ2v) is 5.86. The van der Waals surface area contributed by atoms with Crippen molar-refractivity contribution in [3.05, 3.63) is 11.8 Å². The number of hydrogen-bond donors (Lipinski definition) is 3. The molecule has 1 aromatic rings. The summed E-state index contributed by atoms with van der Waals surface area (Å²) in [5.41, 5.74) is 1.05. The van der Waals surface area contributed by atoms with E-state index >= 15 is 0 Å². The van der Waals surface area contributed by atoms with Crippen molar-refractivity contribution in [2.24, 2.45) is 5.92 Å². The third kappa shape index (κ3) is 2.97. The summed E-state index contributed by atoms with van der Waals surface area (Å²) in [6, 6.07) is 3.20. The van der Waals surface area contributed by atoms with E-state index in [1.165, 1.54) is 12.8 Å². The first-order valence-electron chi connectivity index (χ1n) is 7.33. The number of aromatic nitrogens is 2. The number of aryl methyl sites for hydroxylation is 1. The van der Waals surface area contributed by atoms with Gasteiger partial charge in [0.05, 0.1) is 0 Å². The Bertz CT molecular complexity index is 444. The van der Waals surface area contributed by atoms with E-state index in [-0.39, 0.29) is 5.91 Å². The minimum absolute atomic E-state index is 0.0976. The summed E-state index contributed by atoms with van der Waals surface area (Å²) in [6.45, 7) is 2.06. The van der Waals surface area contributed by atoms with Crippen molar-refractivity contribution < 1.29 is 4.79 Å². The lowest BCUT2D eigenvalue weighted by Gasteiger charge is -2.28. The van der Waals surface area contributed by atoms with E-state index in [1.54, 1.807) is 0 Å². The maximum Gasteiger partial charge on any atom is 0.225 e. The van der Waals surface area contributed by atoms with Crippen LogP contribution in [0.2, 0.25) is 0 Å². The number of anilines is 1. The molecule has 5 nitrogen and oxygen atoms in total. The summed E-state index contributed by atoms with van der Waals surface area (Å²) < 4.78 is 0. The first-order chi connectivity index (χ1) is 9.22. The second-order valence-electron chi connectivity index (χ2n) is 5.86. The van der Waals surface area contributed by atoms with Gasteiger partial charge >= 0.3 is 0 Å². The third-order valence-corrected chi connectivity index (χ3v) is 4.32. The van der Waals surface area contributed by atoms with Crippen LogP contribution < -0.4 is 10.6 Å². The topological polar surface area (TPSA) is 69.8 Å². The van der Waals surface area contributed by atoms with Crippen LogP contribution >= 0.6 is 0 Å². The molecule has 1 aromatic heterocycles. The van der Waals surface area contributed by atoms with Crippen LogP contribution in [0.5, 0.6) is 0 Å². The van der Waals surface area contributed by atoms with Gasteiger partial charge in [-0.15, -0.1) is 0 Å². The minimum atomic E-state index is 0.0976. The highest BCUT2D eigenvalue weighted by Gasteiger charge is 2.34. The van der Waals surface area contributed by atoms with Crippen molar-refractivity contribution >= 4 is 11.7 Å². The van der Waals surface area contributed by atoms with E-state index in [9.17, 15) is 4.79 Å². The molecule has 2 saturated heterocycles. The number of H-pyrrole nitrogens is 1. The normalized spacial score (nSPS) is 29.4. The molecule has 5 heteroatoms. The molecular formula is C14H22N4O. The highest BCUT2D eigenvalue weighted by atomic mass is 16.1. The molecule has 0 saturated carbocycles. The monoisotopic (exact) mass is 262 g/mol. The number of nitrogens with one attached hydrogen (secondary N) is 3. The zero-order valence-electron chi connectivity index (χ0n) is 11.4. The van der Waals surface area contributed by atoms with E-state index in [1.807, 2.05) is 6.07 Å². The molecule has 2 fully saturated rings. The van der Waals surface area contributed by atoms with Crippen LogP contribution in [0.3, 0.4) is 0 Å². The van der Waals surface area contributed by atoms with E-state index in [4.69, 9.17) is 0 Å². The summed E-state index contributed by atoms with van der Waals surface area (Å²) in [7, 11) is 0. The summed E-state index contributed by atoms with van der Waals surface area (Å²) in [4.78, 5) is 12.0. The number of carbonyl (C=O) groups excluding carboxylic acids is 1. The van der Waals surface area contributed by atoms with Crippen molar-refractivity contribution in [2.45, 2.75) is 57.5 Å².